The Hall–Kier alpha value is -3.71. The largest absolute Gasteiger partial charge is 0.357 e. The summed E-state index contributed by atoms with van der Waals surface area (Å²) in [6.45, 7) is 2.68. The van der Waals surface area contributed by atoms with Crippen LogP contribution in [0.4, 0.5) is 0 Å². The molecule has 0 atom stereocenters. The minimum atomic E-state index is 0.669. The number of rotatable bonds is 8. The molecule has 0 spiro atoms. The van der Waals surface area contributed by atoms with E-state index in [4.69, 9.17) is 0 Å². The van der Waals surface area contributed by atoms with Gasteiger partial charge in [0, 0.05) is 41.9 Å². The van der Waals surface area contributed by atoms with E-state index in [1.807, 2.05) is 52.4 Å². The molecule has 0 radical (unpaired) electrons. The third-order valence-electron chi connectivity index (χ3n) is 6.52. The number of benzene rings is 1. The van der Waals surface area contributed by atoms with Gasteiger partial charge in [0.1, 0.15) is 5.69 Å². The second-order valence-electron chi connectivity index (χ2n) is 8.97. The van der Waals surface area contributed by atoms with Crippen LogP contribution in [0.15, 0.2) is 73.4 Å². The molecule has 7 nitrogen and oxygen atoms in total. The van der Waals surface area contributed by atoms with E-state index in [-0.39, 0.29) is 0 Å². The van der Waals surface area contributed by atoms with Crippen LogP contribution in [0.5, 0.6) is 0 Å². The van der Waals surface area contributed by atoms with Gasteiger partial charge in [-0.25, -0.2) is 4.68 Å². The number of aromatic amines is 1. The van der Waals surface area contributed by atoms with Crippen molar-refractivity contribution in [3.8, 4) is 16.9 Å². The molecule has 1 aromatic carbocycles. The fraction of sp³-hybridized carbons (Fsp3) is 0.269. The normalized spacial score (nSPS) is 14.1. The highest BCUT2D eigenvalue weighted by Gasteiger charge is 2.16. The Morgan fingerprint density at radius 3 is 2.82 bits per heavy atom. The lowest BCUT2D eigenvalue weighted by atomic mass is 9.85. The zero-order chi connectivity index (χ0) is 22.0. The van der Waals surface area contributed by atoms with Crippen LogP contribution in [-0.4, -0.2) is 36.1 Å². The number of aromatic nitrogens is 6. The number of fused-ring (bicyclic) bond motifs is 1. The van der Waals surface area contributed by atoms with E-state index >= 15 is 0 Å². The molecule has 1 aliphatic rings. The van der Waals surface area contributed by atoms with Gasteiger partial charge in [-0.1, -0.05) is 23.8 Å². The van der Waals surface area contributed by atoms with Gasteiger partial charge in [0.2, 0.25) is 0 Å². The molecular formula is C26H27N7. The van der Waals surface area contributed by atoms with Crippen molar-refractivity contribution >= 4 is 10.9 Å². The summed E-state index contributed by atoms with van der Waals surface area (Å²) in [6, 6.07) is 14.9. The Labute approximate surface area is 192 Å². The first-order chi connectivity index (χ1) is 16.3. The van der Waals surface area contributed by atoms with Gasteiger partial charge >= 0.3 is 0 Å². The van der Waals surface area contributed by atoms with Crippen molar-refractivity contribution in [1.29, 1.82) is 0 Å². The average Bonchev–Trinajstić information content (AvgIpc) is 3.56. The third-order valence-corrected chi connectivity index (χ3v) is 6.52. The molecule has 2 N–H and O–H groups in total. The van der Waals surface area contributed by atoms with Gasteiger partial charge < -0.3 is 14.9 Å². The minimum Gasteiger partial charge on any atom is -0.357 e. The molecule has 0 bridgehead atoms. The van der Waals surface area contributed by atoms with Crippen LogP contribution in [-0.2, 0) is 13.1 Å². The summed E-state index contributed by atoms with van der Waals surface area (Å²) in [6.07, 6.45) is 13.8. The van der Waals surface area contributed by atoms with Crippen molar-refractivity contribution in [1.82, 2.24) is 34.8 Å². The molecule has 166 valence electrons. The number of nitrogens with zero attached hydrogens (tertiary/aromatic N) is 5. The van der Waals surface area contributed by atoms with Crippen molar-refractivity contribution in [3.05, 3.63) is 84.7 Å². The number of hydrogen-bond acceptors (Lipinski definition) is 4. The highest BCUT2D eigenvalue weighted by molar-refractivity contribution is 5.81. The molecule has 1 aliphatic carbocycles. The van der Waals surface area contributed by atoms with E-state index < -0.39 is 0 Å². The highest BCUT2D eigenvalue weighted by Crippen LogP contribution is 2.25. The van der Waals surface area contributed by atoms with Crippen LogP contribution in [0.25, 0.3) is 27.8 Å². The van der Waals surface area contributed by atoms with Crippen molar-refractivity contribution < 1.29 is 0 Å². The van der Waals surface area contributed by atoms with Crippen molar-refractivity contribution in [2.75, 3.05) is 6.54 Å². The minimum absolute atomic E-state index is 0.669. The molecule has 5 aromatic rings. The smallest absolute Gasteiger partial charge is 0.114 e. The molecule has 0 aliphatic heterocycles. The Morgan fingerprint density at radius 2 is 1.97 bits per heavy atom. The van der Waals surface area contributed by atoms with Crippen molar-refractivity contribution in [3.63, 3.8) is 0 Å². The number of hydrogen-bond donors (Lipinski definition) is 2. The molecule has 4 aromatic heterocycles. The molecule has 1 saturated carbocycles. The standard InChI is InChI=1S/C26H27N7/c1-2-9-32(8-1)24-12-22(14-28-16-24)26-18-33(31-30-26)17-20-6-7-21-11-23(29-25(21)10-20)15-27-13-19-4-3-5-19/h1-2,6-12,14,16,18-19,27,29H,3-5,13,15,17H2. The van der Waals surface area contributed by atoms with Gasteiger partial charge in [-0.3, -0.25) is 4.98 Å². The number of nitrogens with one attached hydrogen (secondary N) is 2. The predicted octanol–water partition coefficient (Wildman–Crippen LogP) is 4.55. The van der Waals surface area contributed by atoms with Crippen LogP contribution in [0.1, 0.15) is 30.5 Å². The molecule has 4 heterocycles. The van der Waals surface area contributed by atoms with Crippen LogP contribution < -0.4 is 5.32 Å². The second kappa shape index (κ2) is 8.67. The highest BCUT2D eigenvalue weighted by atomic mass is 15.4. The van der Waals surface area contributed by atoms with Crippen LogP contribution in [0, 0.1) is 5.92 Å². The van der Waals surface area contributed by atoms with Crippen molar-refractivity contribution in [2.24, 2.45) is 5.92 Å². The molecule has 0 amide bonds. The summed E-state index contributed by atoms with van der Waals surface area (Å²) in [5.41, 5.74) is 6.36. The average molecular weight is 438 g/mol. The Balaban J connectivity index is 1.15. The summed E-state index contributed by atoms with van der Waals surface area (Å²) in [7, 11) is 0. The number of pyridine rings is 1. The molecule has 6 rings (SSSR count). The zero-order valence-corrected chi connectivity index (χ0v) is 18.5. The summed E-state index contributed by atoms with van der Waals surface area (Å²) in [4.78, 5) is 7.94. The van der Waals surface area contributed by atoms with Crippen LogP contribution in [0.3, 0.4) is 0 Å². The van der Waals surface area contributed by atoms with Gasteiger partial charge in [-0.2, -0.15) is 0 Å². The summed E-state index contributed by atoms with van der Waals surface area (Å²) < 4.78 is 3.91. The number of H-pyrrole nitrogens is 1. The quantitative estimate of drug-likeness (QED) is 0.373. The van der Waals surface area contributed by atoms with E-state index in [2.05, 4.69) is 55.9 Å². The molecule has 0 unspecified atom stereocenters. The monoisotopic (exact) mass is 437 g/mol. The zero-order valence-electron chi connectivity index (χ0n) is 18.5. The van der Waals surface area contributed by atoms with Gasteiger partial charge in [-0.15, -0.1) is 5.10 Å². The van der Waals surface area contributed by atoms with E-state index in [1.54, 1.807) is 0 Å². The molecule has 1 fully saturated rings. The lowest BCUT2D eigenvalue weighted by Crippen LogP contribution is -2.26. The summed E-state index contributed by atoms with van der Waals surface area (Å²) in [5, 5.41) is 13.6. The van der Waals surface area contributed by atoms with Crippen LogP contribution in [0.2, 0.25) is 0 Å². The van der Waals surface area contributed by atoms with E-state index in [9.17, 15) is 0 Å². The molecular weight excluding hydrogens is 410 g/mol. The second-order valence-corrected chi connectivity index (χ2v) is 8.97. The van der Waals surface area contributed by atoms with Crippen LogP contribution >= 0.6 is 0 Å². The third kappa shape index (κ3) is 4.32. The van der Waals surface area contributed by atoms with Gasteiger partial charge in [-0.05, 0) is 66.6 Å². The van der Waals surface area contributed by atoms with E-state index in [1.165, 1.54) is 35.9 Å². The maximum Gasteiger partial charge on any atom is 0.114 e. The Kier molecular flexibility index (Phi) is 5.24. The lowest BCUT2D eigenvalue weighted by molar-refractivity contribution is 0.301. The summed E-state index contributed by atoms with van der Waals surface area (Å²) >= 11 is 0. The van der Waals surface area contributed by atoms with Gasteiger partial charge in [0.25, 0.3) is 0 Å². The van der Waals surface area contributed by atoms with Gasteiger partial charge in [0.05, 0.1) is 24.6 Å². The maximum absolute atomic E-state index is 4.38. The Morgan fingerprint density at radius 1 is 1.06 bits per heavy atom. The molecule has 0 saturated heterocycles. The first kappa shape index (κ1) is 19.9. The predicted molar refractivity (Wildman–Crippen MR) is 129 cm³/mol. The Bertz CT molecular complexity index is 1360. The fourth-order valence-corrected chi connectivity index (χ4v) is 4.45. The van der Waals surface area contributed by atoms with E-state index in [0.29, 0.717) is 6.54 Å². The topological polar surface area (TPSA) is 76.3 Å². The molecule has 7 heteroatoms. The first-order valence-corrected chi connectivity index (χ1v) is 11.6. The van der Waals surface area contributed by atoms with Gasteiger partial charge in [0.15, 0.2) is 0 Å². The van der Waals surface area contributed by atoms with E-state index in [0.717, 1.165) is 41.5 Å². The lowest BCUT2D eigenvalue weighted by Gasteiger charge is -2.25. The van der Waals surface area contributed by atoms with Crippen molar-refractivity contribution in [2.45, 2.75) is 32.4 Å². The fourth-order valence-electron chi connectivity index (χ4n) is 4.45. The first-order valence-electron chi connectivity index (χ1n) is 11.6. The summed E-state index contributed by atoms with van der Waals surface area (Å²) in [5.74, 6) is 0.876. The maximum atomic E-state index is 4.38. The SMILES string of the molecule is c1ccn(-c2cncc(-c3cn(Cc4ccc5cc(CNCC6CCC6)[nH]c5c4)nn3)c2)c1. The molecule has 33 heavy (non-hydrogen) atoms.